The summed E-state index contributed by atoms with van der Waals surface area (Å²) < 4.78 is 5.53. The third-order valence-corrected chi connectivity index (χ3v) is 3.70. The van der Waals surface area contributed by atoms with Crippen molar-refractivity contribution in [3.05, 3.63) is 71.3 Å². The van der Waals surface area contributed by atoms with Gasteiger partial charge in [0.25, 0.3) is 5.91 Å². The SMILES string of the molecule is CC(Oc1ccc(Cl)cc1)C(=O)NCCNC(=O)/C=C/c1ccccc1. The maximum atomic E-state index is 12.0. The van der Waals surface area contributed by atoms with Crippen molar-refractivity contribution >= 4 is 29.5 Å². The van der Waals surface area contributed by atoms with Crippen molar-refractivity contribution in [2.24, 2.45) is 0 Å². The maximum absolute atomic E-state index is 12.0. The molecule has 0 aromatic heterocycles. The van der Waals surface area contributed by atoms with Crippen molar-refractivity contribution in [3.63, 3.8) is 0 Å². The fraction of sp³-hybridized carbons (Fsp3) is 0.200. The van der Waals surface area contributed by atoms with Crippen LogP contribution < -0.4 is 15.4 Å². The molecule has 0 heterocycles. The summed E-state index contributed by atoms with van der Waals surface area (Å²) in [7, 11) is 0. The first kappa shape index (κ1) is 19.5. The van der Waals surface area contributed by atoms with Crippen LogP contribution >= 0.6 is 11.6 Å². The van der Waals surface area contributed by atoms with Gasteiger partial charge in [-0.15, -0.1) is 0 Å². The third-order valence-electron chi connectivity index (χ3n) is 3.45. The Bertz CT molecular complexity index is 745. The minimum atomic E-state index is -0.648. The van der Waals surface area contributed by atoms with E-state index < -0.39 is 6.10 Å². The quantitative estimate of drug-likeness (QED) is 0.553. The molecule has 0 radical (unpaired) electrons. The van der Waals surface area contributed by atoms with E-state index in [1.807, 2.05) is 30.3 Å². The average molecular weight is 373 g/mol. The maximum Gasteiger partial charge on any atom is 0.260 e. The van der Waals surface area contributed by atoms with Gasteiger partial charge in [0.2, 0.25) is 5.91 Å². The monoisotopic (exact) mass is 372 g/mol. The first-order valence-electron chi connectivity index (χ1n) is 8.25. The Balaban J connectivity index is 1.65. The highest BCUT2D eigenvalue weighted by atomic mass is 35.5. The minimum Gasteiger partial charge on any atom is -0.481 e. The molecule has 0 spiro atoms. The summed E-state index contributed by atoms with van der Waals surface area (Å²) in [5.41, 5.74) is 0.948. The molecular formula is C20H21ClN2O3. The molecule has 0 fully saturated rings. The summed E-state index contributed by atoms with van der Waals surface area (Å²) in [5, 5.41) is 6.02. The van der Waals surface area contributed by atoms with Gasteiger partial charge in [0.15, 0.2) is 6.10 Å². The van der Waals surface area contributed by atoms with Gasteiger partial charge in [-0.05, 0) is 42.8 Å². The van der Waals surface area contributed by atoms with Crippen LogP contribution in [0.4, 0.5) is 0 Å². The van der Waals surface area contributed by atoms with E-state index in [1.165, 1.54) is 6.08 Å². The Kier molecular flexibility index (Phi) is 7.71. The van der Waals surface area contributed by atoms with Gasteiger partial charge in [0, 0.05) is 24.2 Å². The van der Waals surface area contributed by atoms with Gasteiger partial charge in [-0.2, -0.15) is 0 Å². The van der Waals surface area contributed by atoms with Gasteiger partial charge < -0.3 is 15.4 Å². The highest BCUT2D eigenvalue weighted by Gasteiger charge is 2.13. The van der Waals surface area contributed by atoms with E-state index in [9.17, 15) is 9.59 Å². The van der Waals surface area contributed by atoms with Crippen LogP contribution in [0, 0.1) is 0 Å². The number of rotatable bonds is 8. The molecule has 0 saturated heterocycles. The van der Waals surface area contributed by atoms with Gasteiger partial charge in [0.1, 0.15) is 5.75 Å². The fourth-order valence-electron chi connectivity index (χ4n) is 2.08. The predicted molar refractivity (Wildman–Crippen MR) is 103 cm³/mol. The number of nitrogens with one attached hydrogen (secondary N) is 2. The topological polar surface area (TPSA) is 67.4 Å². The number of ether oxygens (including phenoxy) is 1. The molecule has 2 aromatic carbocycles. The molecule has 0 aliphatic rings. The second-order valence-corrected chi connectivity index (χ2v) is 5.98. The van der Waals surface area contributed by atoms with Crippen molar-refractivity contribution < 1.29 is 14.3 Å². The van der Waals surface area contributed by atoms with E-state index in [1.54, 1.807) is 37.3 Å². The minimum absolute atomic E-state index is 0.214. The van der Waals surface area contributed by atoms with Crippen molar-refractivity contribution in [2.75, 3.05) is 13.1 Å². The summed E-state index contributed by atoms with van der Waals surface area (Å²) in [6.07, 6.45) is 2.55. The largest absolute Gasteiger partial charge is 0.481 e. The van der Waals surface area contributed by atoms with E-state index in [2.05, 4.69) is 10.6 Å². The molecule has 1 atom stereocenters. The van der Waals surface area contributed by atoms with Gasteiger partial charge in [0.05, 0.1) is 0 Å². The Morgan fingerprint density at radius 2 is 1.69 bits per heavy atom. The zero-order valence-corrected chi connectivity index (χ0v) is 15.2. The summed E-state index contributed by atoms with van der Waals surface area (Å²) in [4.78, 5) is 23.7. The van der Waals surface area contributed by atoms with E-state index in [4.69, 9.17) is 16.3 Å². The van der Waals surface area contributed by atoms with Crippen molar-refractivity contribution in [2.45, 2.75) is 13.0 Å². The van der Waals surface area contributed by atoms with Crippen LogP contribution in [0.3, 0.4) is 0 Å². The van der Waals surface area contributed by atoms with E-state index in [0.29, 0.717) is 23.9 Å². The Morgan fingerprint density at radius 1 is 1.04 bits per heavy atom. The summed E-state index contributed by atoms with van der Waals surface area (Å²) in [6, 6.07) is 16.3. The van der Waals surface area contributed by atoms with E-state index in [-0.39, 0.29) is 11.8 Å². The predicted octanol–water partition coefficient (Wildman–Crippen LogP) is 3.05. The highest BCUT2D eigenvalue weighted by Crippen LogP contribution is 2.16. The van der Waals surface area contributed by atoms with Crippen molar-refractivity contribution in [1.82, 2.24) is 10.6 Å². The van der Waals surface area contributed by atoms with Crippen LogP contribution in [-0.4, -0.2) is 31.0 Å². The van der Waals surface area contributed by atoms with Crippen molar-refractivity contribution in [1.29, 1.82) is 0 Å². The first-order chi connectivity index (χ1) is 12.5. The number of halogens is 1. The van der Waals surface area contributed by atoms with Gasteiger partial charge in [-0.1, -0.05) is 41.9 Å². The van der Waals surface area contributed by atoms with Gasteiger partial charge >= 0.3 is 0 Å². The fourth-order valence-corrected chi connectivity index (χ4v) is 2.21. The molecule has 2 N–H and O–H groups in total. The number of amides is 2. The normalized spacial score (nSPS) is 11.8. The molecule has 2 aromatic rings. The van der Waals surface area contributed by atoms with Crippen LogP contribution in [0.2, 0.25) is 5.02 Å². The van der Waals surface area contributed by atoms with Gasteiger partial charge in [-0.25, -0.2) is 0 Å². The lowest BCUT2D eigenvalue weighted by Crippen LogP contribution is -2.40. The summed E-state index contributed by atoms with van der Waals surface area (Å²) in [6.45, 7) is 2.31. The van der Waals surface area contributed by atoms with Crippen LogP contribution in [0.1, 0.15) is 12.5 Å². The summed E-state index contributed by atoms with van der Waals surface area (Å²) >= 11 is 5.80. The molecule has 136 valence electrons. The lowest BCUT2D eigenvalue weighted by atomic mass is 10.2. The summed E-state index contributed by atoms with van der Waals surface area (Å²) in [5.74, 6) is 0.0963. The molecular weight excluding hydrogens is 352 g/mol. The standard InChI is InChI=1S/C20H21ClN2O3/c1-15(26-18-10-8-17(21)9-11-18)20(25)23-14-13-22-19(24)12-7-16-5-3-2-4-6-16/h2-12,15H,13-14H2,1H3,(H,22,24)(H,23,25)/b12-7+. The molecule has 0 saturated carbocycles. The number of carbonyl (C=O) groups excluding carboxylic acids is 2. The molecule has 2 amide bonds. The number of carbonyl (C=O) groups is 2. The zero-order valence-electron chi connectivity index (χ0n) is 14.4. The van der Waals surface area contributed by atoms with E-state index >= 15 is 0 Å². The lowest BCUT2D eigenvalue weighted by Gasteiger charge is -2.14. The molecule has 2 rings (SSSR count). The smallest absolute Gasteiger partial charge is 0.260 e. The molecule has 0 bridgehead atoms. The Morgan fingerprint density at radius 3 is 2.38 bits per heavy atom. The molecule has 1 unspecified atom stereocenters. The van der Waals surface area contributed by atoms with Crippen LogP contribution in [0.5, 0.6) is 5.75 Å². The molecule has 0 aliphatic heterocycles. The number of hydrogen-bond donors (Lipinski definition) is 2. The lowest BCUT2D eigenvalue weighted by molar-refractivity contribution is -0.127. The number of hydrogen-bond acceptors (Lipinski definition) is 3. The zero-order chi connectivity index (χ0) is 18.8. The average Bonchev–Trinajstić information content (AvgIpc) is 2.66. The molecule has 5 nitrogen and oxygen atoms in total. The second kappa shape index (κ2) is 10.3. The molecule has 26 heavy (non-hydrogen) atoms. The Hall–Kier alpha value is -2.79. The van der Waals surface area contributed by atoms with Gasteiger partial charge in [-0.3, -0.25) is 9.59 Å². The molecule has 0 aliphatic carbocycles. The third kappa shape index (κ3) is 6.99. The van der Waals surface area contributed by atoms with Crippen molar-refractivity contribution in [3.8, 4) is 5.75 Å². The van der Waals surface area contributed by atoms with Crippen LogP contribution in [-0.2, 0) is 9.59 Å². The van der Waals surface area contributed by atoms with E-state index in [0.717, 1.165) is 5.56 Å². The van der Waals surface area contributed by atoms with Crippen LogP contribution in [0.15, 0.2) is 60.7 Å². The first-order valence-corrected chi connectivity index (χ1v) is 8.63. The second-order valence-electron chi connectivity index (χ2n) is 5.54. The Labute approximate surface area is 158 Å². The molecule has 6 heteroatoms. The van der Waals surface area contributed by atoms with Crippen LogP contribution in [0.25, 0.3) is 6.08 Å². The highest BCUT2D eigenvalue weighted by molar-refractivity contribution is 6.30. The number of benzene rings is 2.